The standard InChI is InChI=1S/C20H20Cl2N2O4/c21-14-5-6-18(15(22)11-14)28-12-19(26)24-9-7-13(8-10-24)20(27)23-16-3-1-2-4-17(16)25/h1-6,11,13,25H,7-10,12H2,(H,23,27). The van der Waals surface area contributed by atoms with Crippen molar-refractivity contribution in [2.75, 3.05) is 25.0 Å². The largest absolute Gasteiger partial charge is 0.506 e. The molecule has 1 fully saturated rings. The number of nitrogens with zero attached hydrogens (tertiary/aromatic N) is 1. The fourth-order valence-electron chi connectivity index (χ4n) is 3.03. The van der Waals surface area contributed by atoms with Crippen LogP contribution in [0.5, 0.6) is 11.5 Å². The third-order valence-corrected chi connectivity index (χ3v) is 5.16. The van der Waals surface area contributed by atoms with Gasteiger partial charge in [0.2, 0.25) is 5.91 Å². The summed E-state index contributed by atoms with van der Waals surface area (Å²) in [6.45, 7) is 0.806. The van der Waals surface area contributed by atoms with Crippen molar-refractivity contribution < 1.29 is 19.4 Å². The minimum atomic E-state index is -0.213. The van der Waals surface area contributed by atoms with Gasteiger partial charge in [-0.15, -0.1) is 0 Å². The van der Waals surface area contributed by atoms with E-state index in [2.05, 4.69) is 5.32 Å². The molecule has 0 saturated carbocycles. The highest BCUT2D eigenvalue weighted by molar-refractivity contribution is 6.35. The molecule has 3 rings (SSSR count). The Balaban J connectivity index is 1.47. The van der Waals surface area contributed by atoms with Gasteiger partial charge < -0.3 is 20.1 Å². The van der Waals surface area contributed by atoms with E-state index in [1.165, 1.54) is 6.07 Å². The Bertz CT molecular complexity index is 867. The Labute approximate surface area is 173 Å². The predicted octanol–water partition coefficient (Wildman–Crippen LogP) is 3.96. The average Bonchev–Trinajstić information content (AvgIpc) is 2.69. The predicted molar refractivity (Wildman–Crippen MR) is 108 cm³/mol. The van der Waals surface area contributed by atoms with E-state index >= 15 is 0 Å². The number of ether oxygens (including phenoxy) is 1. The second kappa shape index (κ2) is 9.17. The van der Waals surface area contributed by atoms with Crippen molar-refractivity contribution in [3.05, 3.63) is 52.5 Å². The SMILES string of the molecule is O=C(Nc1ccccc1O)C1CCN(C(=O)COc2ccc(Cl)cc2Cl)CC1. The number of phenols is 1. The van der Waals surface area contributed by atoms with Crippen LogP contribution in [0, 0.1) is 5.92 Å². The third kappa shape index (κ3) is 5.09. The lowest BCUT2D eigenvalue weighted by molar-refractivity contribution is -0.136. The summed E-state index contributed by atoms with van der Waals surface area (Å²) in [6.07, 6.45) is 1.10. The molecule has 2 aromatic rings. The minimum Gasteiger partial charge on any atom is -0.506 e. The van der Waals surface area contributed by atoms with Crippen LogP contribution in [-0.4, -0.2) is 41.5 Å². The molecule has 2 N–H and O–H groups in total. The van der Waals surface area contributed by atoms with Gasteiger partial charge in [-0.25, -0.2) is 0 Å². The van der Waals surface area contributed by atoms with E-state index in [4.69, 9.17) is 27.9 Å². The van der Waals surface area contributed by atoms with Crippen LogP contribution in [-0.2, 0) is 9.59 Å². The summed E-state index contributed by atoms with van der Waals surface area (Å²) >= 11 is 11.9. The van der Waals surface area contributed by atoms with Gasteiger partial charge in [-0.05, 0) is 43.2 Å². The van der Waals surface area contributed by atoms with E-state index in [0.717, 1.165) is 0 Å². The van der Waals surface area contributed by atoms with Gasteiger partial charge in [0.25, 0.3) is 5.91 Å². The molecule has 1 heterocycles. The summed E-state index contributed by atoms with van der Waals surface area (Å²) in [5.41, 5.74) is 0.388. The Morgan fingerprint density at radius 2 is 1.86 bits per heavy atom. The lowest BCUT2D eigenvalue weighted by Gasteiger charge is -2.31. The number of rotatable bonds is 5. The number of hydrogen-bond donors (Lipinski definition) is 2. The van der Waals surface area contributed by atoms with Crippen LogP contribution in [0.15, 0.2) is 42.5 Å². The molecule has 2 aromatic carbocycles. The number of anilines is 1. The number of amides is 2. The van der Waals surface area contributed by atoms with Crippen LogP contribution in [0.25, 0.3) is 0 Å². The Morgan fingerprint density at radius 1 is 1.14 bits per heavy atom. The van der Waals surface area contributed by atoms with Gasteiger partial charge >= 0.3 is 0 Å². The Hall–Kier alpha value is -2.44. The number of carbonyl (C=O) groups is 2. The maximum Gasteiger partial charge on any atom is 0.260 e. The number of carbonyl (C=O) groups excluding carboxylic acids is 2. The van der Waals surface area contributed by atoms with Gasteiger partial charge in [0.15, 0.2) is 6.61 Å². The fraction of sp³-hybridized carbons (Fsp3) is 0.300. The number of phenolic OH excluding ortho intramolecular Hbond substituents is 1. The van der Waals surface area contributed by atoms with Gasteiger partial charge in [0.1, 0.15) is 11.5 Å². The zero-order valence-electron chi connectivity index (χ0n) is 15.0. The summed E-state index contributed by atoms with van der Waals surface area (Å²) < 4.78 is 5.48. The van der Waals surface area contributed by atoms with Crippen LogP contribution in [0.2, 0.25) is 10.0 Å². The van der Waals surface area contributed by atoms with E-state index in [-0.39, 0.29) is 30.1 Å². The summed E-state index contributed by atoms with van der Waals surface area (Å²) in [5.74, 6) is -0.100. The number of likely N-dealkylation sites (tertiary alicyclic amines) is 1. The molecule has 148 valence electrons. The van der Waals surface area contributed by atoms with Crippen molar-refractivity contribution in [2.45, 2.75) is 12.8 Å². The summed E-state index contributed by atoms with van der Waals surface area (Å²) in [7, 11) is 0. The fourth-order valence-corrected chi connectivity index (χ4v) is 3.49. The molecule has 0 aliphatic carbocycles. The molecular formula is C20H20Cl2N2O4. The lowest BCUT2D eigenvalue weighted by Crippen LogP contribution is -2.43. The van der Waals surface area contributed by atoms with Crippen LogP contribution in [0.4, 0.5) is 5.69 Å². The number of aromatic hydroxyl groups is 1. The maximum atomic E-state index is 12.4. The quantitative estimate of drug-likeness (QED) is 0.714. The van der Waals surface area contributed by atoms with Crippen molar-refractivity contribution in [3.63, 3.8) is 0 Å². The summed E-state index contributed by atoms with van der Waals surface area (Å²) in [5, 5.41) is 13.3. The molecule has 28 heavy (non-hydrogen) atoms. The number of nitrogens with one attached hydrogen (secondary N) is 1. The highest BCUT2D eigenvalue weighted by Gasteiger charge is 2.28. The third-order valence-electron chi connectivity index (χ3n) is 4.63. The minimum absolute atomic E-state index is 0.0291. The normalized spacial score (nSPS) is 14.6. The van der Waals surface area contributed by atoms with E-state index in [1.807, 2.05) is 0 Å². The molecule has 1 aliphatic heterocycles. The highest BCUT2D eigenvalue weighted by atomic mass is 35.5. The lowest BCUT2D eigenvalue weighted by atomic mass is 9.95. The molecule has 0 unspecified atom stereocenters. The first-order valence-corrected chi connectivity index (χ1v) is 9.64. The maximum absolute atomic E-state index is 12.4. The molecule has 1 saturated heterocycles. The number of hydrogen-bond acceptors (Lipinski definition) is 4. The summed E-state index contributed by atoms with van der Waals surface area (Å²) in [4.78, 5) is 26.4. The van der Waals surface area contributed by atoms with Crippen LogP contribution >= 0.6 is 23.2 Å². The average molecular weight is 423 g/mol. The molecule has 0 spiro atoms. The number of para-hydroxylation sites is 2. The molecule has 2 amide bonds. The second-order valence-electron chi connectivity index (χ2n) is 6.52. The molecule has 1 aliphatic rings. The molecule has 0 bridgehead atoms. The molecule has 0 radical (unpaired) electrons. The van der Waals surface area contributed by atoms with Crippen molar-refractivity contribution in [3.8, 4) is 11.5 Å². The second-order valence-corrected chi connectivity index (χ2v) is 7.37. The van der Waals surface area contributed by atoms with E-state index in [1.54, 1.807) is 41.3 Å². The van der Waals surface area contributed by atoms with Crippen LogP contribution in [0.1, 0.15) is 12.8 Å². The van der Waals surface area contributed by atoms with E-state index < -0.39 is 0 Å². The van der Waals surface area contributed by atoms with Crippen LogP contribution < -0.4 is 10.1 Å². The van der Waals surface area contributed by atoms with Gasteiger partial charge in [0, 0.05) is 24.0 Å². The first kappa shape index (κ1) is 20.3. The van der Waals surface area contributed by atoms with E-state index in [0.29, 0.717) is 47.4 Å². The zero-order valence-corrected chi connectivity index (χ0v) is 16.5. The van der Waals surface area contributed by atoms with Gasteiger partial charge in [0.05, 0.1) is 10.7 Å². The smallest absolute Gasteiger partial charge is 0.260 e. The van der Waals surface area contributed by atoms with Gasteiger partial charge in [-0.3, -0.25) is 9.59 Å². The topological polar surface area (TPSA) is 78.9 Å². The van der Waals surface area contributed by atoms with E-state index in [9.17, 15) is 14.7 Å². The highest BCUT2D eigenvalue weighted by Crippen LogP contribution is 2.28. The number of piperidine rings is 1. The molecular weight excluding hydrogens is 403 g/mol. The molecule has 8 heteroatoms. The summed E-state index contributed by atoms with van der Waals surface area (Å²) in [6, 6.07) is 11.4. The van der Waals surface area contributed by atoms with Crippen molar-refractivity contribution in [2.24, 2.45) is 5.92 Å². The first-order valence-electron chi connectivity index (χ1n) is 8.88. The Kier molecular flexibility index (Phi) is 6.65. The van der Waals surface area contributed by atoms with Gasteiger partial charge in [-0.2, -0.15) is 0 Å². The monoisotopic (exact) mass is 422 g/mol. The van der Waals surface area contributed by atoms with Gasteiger partial charge in [-0.1, -0.05) is 35.3 Å². The first-order chi connectivity index (χ1) is 13.4. The molecule has 0 aromatic heterocycles. The number of halogens is 2. The Morgan fingerprint density at radius 3 is 2.54 bits per heavy atom. The van der Waals surface area contributed by atoms with Crippen molar-refractivity contribution in [1.82, 2.24) is 4.90 Å². The van der Waals surface area contributed by atoms with Crippen LogP contribution in [0.3, 0.4) is 0 Å². The zero-order chi connectivity index (χ0) is 20.1. The number of benzene rings is 2. The molecule has 6 nitrogen and oxygen atoms in total. The van der Waals surface area contributed by atoms with Crippen molar-refractivity contribution >= 4 is 40.7 Å². The van der Waals surface area contributed by atoms with Crippen molar-refractivity contribution in [1.29, 1.82) is 0 Å². The molecule has 0 atom stereocenters.